The van der Waals surface area contributed by atoms with Crippen LogP contribution in [0.15, 0.2) is 0 Å². The number of ether oxygens (including phenoxy) is 1. The molecule has 0 amide bonds. The van der Waals surface area contributed by atoms with Crippen molar-refractivity contribution < 1.29 is 29.6 Å². The highest BCUT2D eigenvalue weighted by Crippen LogP contribution is 1.86. The lowest BCUT2D eigenvalue weighted by Crippen LogP contribution is -2.00. The number of hydrogen-bond acceptors (Lipinski definition) is 4. The molecule has 0 aromatic rings. The molecule has 0 fully saturated rings. The van der Waals surface area contributed by atoms with E-state index in [4.69, 9.17) is 15.3 Å². The Balaban J connectivity index is 0. The van der Waals surface area contributed by atoms with Gasteiger partial charge in [0.05, 0.1) is 26.1 Å². The molecule has 13 heavy (non-hydrogen) atoms. The lowest BCUT2D eigenvalue weighted by atomic mass is 10.3. The number of carbonyl (C=O) groups is 2. The van der Waals surface area contributed by atoms with Crippen LogP contribution in [0, 0.1) is 0 Å². The second-order valence-electron chi connectivity index (χ2n) is 2.00. The van der Waals surface area contributed by atoms with E-state index in [0.717, 1.165) is 0 Å². The zero-order valence-electron chi connectivity index (χ0n) is 7.39. The molecule has 0 aromatic heterocycles. The molecule has 3 N–H and O–H groups in total. The Kier molecular flexibility index (Phi) is 12.0. The summed E-state index contributed by atoms with van der Waals surface area (Å²) in [6.45, 7) is 0.566. The van der Waals surface area contributed by atoms with Crippen LogP contribution >= 0.6 is 0 Å². The first kappa shape index (κ1) is 14.4. The van der Waals surface area contributed by atoms with Crippen LogP contribution in [-0.4, -0.2) is 47.6 Å². The number of methoxy groups -OCH3 is 1. The minimum absolute atomic E-state index is 0.122. The average molecular weight is 194 g/mol. The number of carboxylic acid groups (broad SMARTS) is 2. The van der Waals surface area contributed by atoms with E-state index in [9.17, 15) is 9.59 Å². The van der Waals surface area contributed by atoms with E-state index >= 15 is 0 Å². The number of aliphatic hydroxyl groups excluding tert-OH is 1. The Morgan fingerprint density at radius 2 is 1.54 bits per heavy atom. The van der Waals surface area contributed by atoms with Crippen LogP contribution in [0.1, 0.15) is 12.8 Å². The Morgan fingerprint density at radius 3 is 1.62 bits per heavy atom. The molecular formula is C7H14O6. The molecule has 6 heteroatoms. The fourth-order valence-electron chi connectivity index (χ4n) is 0.305. The van der Waals surface area contributed by atoms with E-state index in [0.29, 0.717) is 6.61 Å². The Bertz CT molecular complexity index is 128. The summed E-state index contributed by atoms with van der Waals surface area (Å²) in [5, 5.41) is 23.7. The van der Waals surface area contributed by atoms with Crippen molar-refractivity contribution in [3.63, 3.8) is 0 Å². The van der Waals surface area contributed by atoms with Crippen molar-refractivity contribution in [3.8, 4) is 0 Å². The number of aliphatic hydroxyl groups is 1. The fraction of sp³-hybridized carbons (Fsp3) is 0.714. The maximum absolute atomic E-state index is 9.64. The van der Waals surface area contributed by atoms with E-state index in [1.54, 1.807) is 7.11 Å². The quantitative estimate of drug-likeness (QED) is 0.548. The van der Waals surface area contributed by atoms with Crippen LogP contribution in [0.2, 0.25) is 0 Å². The monoisotopic (exact) mass is 194 g/mol. The van der Waals surface area contributed by atoms with Gasteiger partial charge in [-0.15, -0.1) is 0 Å². The van der Waals surface area contributed by atoms with Gasteiger partial charge >= 0.3 is 11.9 Å². The fourth-order valence-corrected chi connectivity index (χ4v) is 0.305. The van der Waals surface area contributed by atoms with Crippen LogP contribution in [0.25, 0.3) is 0 Å². The van der Waals surface area contributed by atoms with Crippen LogP contribution in [-0.2, 0) is 14.3 Å². The van der Waals surface area contributed by atoms with Gasteiger partial charge in [0.2, 0.25) is 0 Å². The van der Waals surface area contributed by atoms with Gasteiger partial charge in [0.15, 0.2) is 0 Å². The van der Waals surface area contributed by atoms with Crippen molar-refractivity contribution in [2.75, 3.05) is 20.3 Å². The summed E-state index contributed by atoms with van der Waals surface area (Å²) in [6.07, 6.45) is -0.593. The van der Waals surface area contributed by atoms with Gasteiger partial charge < -0.3 is 20.1 Å². The molecule has 0 aliphatic carbocycles. The largest absolute Gasteiger partial charge is 0.481 e. The number of hydrogen-bond donors (Lipinski definition) is 3. The normalized spacial score (nSPS) is 8.46. The van der Waals surface area contributed by atoms with Crippen molar-refractivity contribution in [3.05, 3.63) is 0 Å². The standard InChI is InChI=1S/C4H6O4.C3H8O2/c5-3(6)1-2-4(7)8;1-5-3-2-4/h1-2H2,(H,5,6)(H,7,8);4H,2-3H2,1H3. The summed E-state index contributed by atoms with van der Waals surface area (Å²) in [5.74, 6) is -2.15. The van der Waals surface area contributed by atoms with Gasteiger partial charge in [-0.1, -0.05) is 0 Å². The zero-order chi connectivity index (χ0) is 10.7. The highest BCUT2D eigenvalue weighted by Gasteiger charge is 2.00. The number of aliphatic carboxylic acids is 2. The predicted octanol–water partition coefficient (Wildman–Crippen LogP) is -0.439. The molecule has 0 rings (SSSR count). The summed E-state index contributed by atoms with van der Waals surface area (Å²) in [6, 6.07) is 0. The van der Waals surface area contributed by atoms with Gasteiger partial charge in [-0.05, 0) is 0 Å². The van der Waals surface area contributed by atoms with Gasteiger partial charge in [-0.25, -0.2) is 0 Å². The maximum atomic E-state index is 9.64. The van der Waals surface area contributed by atoms with Crippen LogP contribution < -0.4 is 0 Å². The summed E-state index contributed by atoms with van der Waals surface area (Å²) >= 11 is 0. The summed E-state index contributed by atoms with van der Waals surface area (Å²) in [5.41, 5.74) is 0. The van der Waals surface area contributed by atoms with E-state index < -0.39 is 11.9 Å². The van der Waals surface area contributed by atoms with Gasteiger partial charge in [0.25, 0.3) is 0 Å². The molecule has 0 saturated heterocycles. The van der Waals surface area contributed by atoms with E-state index in [1.807, 2.05) is 0 Å². The van der Waals surface area contributed by atoms with Gasteiger partial charge in [-0.3, -0.25) is 9.59 Å². The molecule has 0 aliphatic heterocycles. The second-order valence-corrected chi connectivity index (χ2v) is 2.00. The Labute approximate surface area is 75.8 Å². The third kappa shape index (κ3) is 24.8. The molecule has 0 spiro atoms. The molecule has 78 valence electrons. The van der Waals surface area contributed by atoms with E-state index in [2.05, 4.69) is 4.74 Å². The average Bonchev–Trinajstić information content (AvgIpc) is 2.03. The van der Waals surface area contributed by atoms with Crippen molar-refractivity contribution in [1.29, 1.82) is 0 Å². The van der Waals surface area contributed by atoms with Crippen LogP contribution in [0.3, 0.4) is 0 Å². The predicted molar refractivity (Wildman–Crippen MR) is 43.5 cm³/mol. The molecule has 0 aromatic carbocycles. The van der Waals surface area contributed by atoms with Crippen molar-refractivity contribution in [2.45, 2.75) is 12.8 Å². The Morgan fingerprint density at radius 1 is 1.15 bits per heavy atom. The van der Waals surface area contributed by atoms with Gasteiger partial charge in [-0.2, -0.15) is 0 Å². The minimum atomic E-state index is -1.08. The lowest BCUT2D eigenvalue weighted by Gasteiger charge is -1.85. The highest BCUT2D eigenvalue weighted by atomic mass is 16.5. The van der Waals surface area contributed by atoms with E-state index in [-0.39, 0.29) is 19.4 Å². The third-order valence-electron chi connectivity index (χ3n) is 0.848. The van der Waals surface area contributed by atoms with Crippen molar-refractivity contribution in [2.24, 2.45) is 0 Å². The molecule has 0 unspecified atom stereocenters. The van der Waals surface area contributed by atoms with Gasteiger partial charge in [0, 0.05) is 7.11 Å². The summed E-state index contributed by atoms with van der Waals surface area (Å²) in [7, 11) is 1.55. The second kappa shape index (κ2) is 10.9. The SMILES string of the molecule is COCCO.O=C(O)CCC(=O)O. The minimum Gasteiger partial charge on any atom is -0.481 e. The molecule has 6 nitrogen and oxygen atoms in total. The van der Waals surface area contributed by atoms with Crippen LogP contribution in [0.4, 0.5) is 0 Å². The smallest absolute Gasteiger partial charge is 0.303 e. The summed E-state index contributed by atoms with van der Waals surface area (Å²) in [4.78, 5) is 19.3. The zero-order valence-corrected chi connectivity index (χ0v) is 7.39. The summed E-state index contributed by atoms with van der Waals surface area (Å²) < 4.78 is 4.44. The molecule has 0 bridgehead atoms. The molecular weight excluding hydrogens is 180 g/mol. The molecule has 0 heterocycles. The van der Waals surface area contributed by atoms with Crippen molar-refractivity contribution in [1.82, 2.24) is 0 Å². The maximum Gasteiger partial charge on any atom is 0.303 e. The molecule has 0 radical (unpaired) electrons. The lowest BCUT2D eigenvalue weighted by molar-refractivity contribution is -0.143. The molecule has 0 atom stereocenters. The first-order chi connectivity index (χ1) is 6.04. The first-order valence-electron chi connectivity index (χ1n) is 3.58. The molecule has 0 saturated carbocycles. The number of carboxylic acids is 2. The van der Waals surface area contributed by atoms with Crippen molar-refractivity contribution >= 4 is 11.9 Å². The third-order valence-corrected chi connectivity index (χ3v) is 0.848. The molecule has 0 aliphatic rings. The first-order valence-corrected chi connectivity index (χ1v) is 3.58. The Hall–Kier alpha value is -1.14. The van der Waals surface area contributed by atoms with E-state index in [1.165, 1.54) is 0 Å². The van der Waals surface area contributed by atoms with Crippen LogP contribution in [0.5, 0.6) is 0 Å². The van der Waals surface area contributed by atoms with Gasteiger partial charge in [0.1, 0.15) is 0 Å². The number of rotatable bonds is 5. The highest BCUT2D eigenvalue weighted by molar-refractivity contribution is 5.75. The topological polar surface area (TPSA) is 104 Å².